The van der Waals surface area contributed by atoms with Crippen LogP contribution in [0.3, 0.4) is 0 Å². The van der Waals surface area contributed by atoms with Crippen LogP contribution in [0, 0.1) is 5.92 Å². The van der Waals surface area contributed by atoms with Crippen molar-refractivity contribution in [3.63, 3.8) is 0 Å². The molecule has 7 heteroatoms. The molecule has 26 heavy (non-hydrogen) atoms. The number of piperidine rings is 1. The number of hydrogen-bond acceptors (Lipinski definition) is 6. The Balaban J connectivity index is 1.75. The van der Waals surface area contributed by atoms with Gasteiger partial charge in [-0.25, -0.2) is 5.06 Å². The smallest absolute Gasteiger partial charge is 0.311 e. The van der Waals surface area contributed by atoms with E-state index in [1.807, 2.05) is 12.1 Å². The Kier molecular flexibility index (Phi) is 5.68. The van der Waals surface area contributed by atoms with Gasteiger partial charge >= 0.3 is 5.97 Å². The van der Waals surface area contributed by atoms with Gasteiger partial charge in [-0.05, 0) is 30.5 Å². The first kappa shape index (κ1) is 18.5. The Morgan fingerprint density at radius 2 is 2.08 bits per heavy atom. The standard InChI is InChI=1S/C19H25N3O4/c1-3-12-26-22-17(23)13-16(18(24)25-2)19(22)6-10-21(11-7-19)14-15-4-8-20-9-5-15/h3-5,8-9,16H,1,6-7,10-14H2,2H3/t16-/m1/s1. The fourth-order valence-corrected chi connectivity index (χ4v) is 4.01. The Morgan fingerprint density at radius 3 is 2.69 bits per heavy atom. The van der Waals surface area contributed by atoms with Crippen LogP contribution in [0.25, 0.3) is 0 Å². The van der Waals surface area contributed by atoms with E-state index >= 15 is 0 Å². The van der Waals surface area contributed by atoms with Crippen LogP contribution in [0.2, 0.25) is 0 Å². The van der Waals surface area contributed by atoms with Gasteiger partial charge in [0.25, 0.3) is 0 Å². The maximum absolute atomic E-state index is 12.5. The third-order valence-corrected chi connectivity index (χ3v) is 5.34. The number of hydroxylamine groups is 2. The van der Waals surface area contributed by atoms with E-state index in [0.717, 1.165) is 19.6 Å². The molecular formula is C19H25N3O4. The SMILES string of the molecule is C=CCON1C(=O)C[C@H](C(=O)OC)C12CCN(Cc1ccncc1)CC2. The van der Waals surface area contributed by atoms with Crippen molar-refractivity contribution in [3.05, 3.63) is 42.7 Å². The van der Waals surface area contributed by atoms with Gasteiger partial charge in [-0.1, -0.05) is 6.08 Å². The van der Waals surface area contributed by atoms with Crippen LogP contribution in [0.15, 0.2) is 37.2 Å². The van der Waals surface area contributed by atoms with Crippen LogP contribution in [-0.4, -0.2) is 59.2 Å². The second-order valence-corrected chi connectivity index (χ2v) is 6.79. The zero-order valence-corrected chi connectivity index (χ0v) is 15.1. The molecule has 3 rings (SSSR count). The normalized spacial score (nSPS) is 22.6. The molecule has 0 N–H and O–H groups in total. The predicted octanol–water partition coefficient (Wildman–Crippen LogP) is 1.56. The molecule has 2 fully saturated rings. The quantitative estimate of drug-likeness (QED) is 0.567. The van der Waals surface area contributed by atoms with Gasteiger partial charge in [0.05, 0.1) is 25.2 Å². The Morgan fingerprint density at radius 1 is 1.38 bits per heavy atom. The zero-order valence-electron chi connectivity index (χ0n) is 15.1. The van der Waals surface area contributed by atoms with Crippen LogP contribution < -0.4 is 0 Å². The van der Waals surface area contributed by atoms with E-state index in [0.29, 0.717) is 12.8 Å². The Hall–Kier alpha value is -2.25. The Bertz CT molecular complexity index is 656. The minimum Gasteiger partial charge on any atom is -0.469 e. The first-order chi connectivity index (χ1) is 12.6. The summed E-state index contributed by atoms with van der Waals surface area (Å²) in [5.74, 6) is -0.997. The third-order valence-electron chi connectivity index (χ3n) is 5.34. The van der Waals surface area contributed by atoms with Crippen LogP contribution in [0.4, 0.5) is 0 Å². The molecule has 0 radical (unpaired) electrons. The summed E-state index contributed by atoms with van der Waals surface area (Å²) in [5.41, 5.74) is 0.560. The lowest BCUT2D eigenvalue weighted by atomic mass is 9.77. The van der Waals surface area contributed by atoms with E-state index in [1.165, 1.54) is 17.7 Å². The molecule has 0 unspecified atom stereocenters. The summed E-state index contributed by atoms with van der Waals surface area (Å²) in [6.07, 6.45) is 6.64. The van der Waals surface area contributed by atoms with Gasteiger partial charge in [0.15, 0.2) is 0 Å². The minimum absolute atomic E-state index is 0.133. The van der Waals surface area contributed by atoms with Crippen LogP contribution in [-0.2, 0) is 25.7 Å². The lowest BCUT2D eigenvalue weighted by molar-refractivity contribution is -0.218. The third kappa shape index (κ3) is 3.50. The molecule has 0 bridgehead atoms. The molecule has 3 heterocycles. The fraction of sp³-hybridized carbons (Fsp3) is 0.526. The van der Waals surface area contributed by atoms with Gasteiger partial charge in [0, 0.05) is 38.4 Å². The van der Waals surface area contributed by atoms with E-state index in [9.17, 15) is 9.59 Å². The van der Waals surface area contributed by atoms with Gasteiger partial charge in [-0.2, -0.15) is 0 Å². The van der Waals surface area contributed by atoms with Crippen LogP contribution in [0.1, 0.15) is 24.8 Å². The van der Waals surface area contributed by atoms with Crippen molar-refractivity contribution in [2.45, 2.75) is 31.3 Å². The number of aromatic nitrogens is 1. The number of hydrogen-bond donors (Lipinski definition) is 0. The molecule has 0 aliphatic carbocycles. The molecule has 1 aromatic rings. The van der Waals surface area contributed by atoms with E-state index in [-0.39, 0.29) is 24.9 Å². The van der Waals surface area contributed by atoms with Crippen molar-refractivity contribution in [2.75, 3.05) is 26.8 Å². The van der Waals surface area contributed by atoms with Crippen molar-refractivity contribution < 1.29 is 19.2 Å². The lowest BCUT2D eigenvalue weighted by Crippen LogP contribution is -2.57. The molecule has 1 spiro atoms. The summed E-state index contributed by atoms with van der Waals surface area (Å²) in [6.45, 7) is 6.25. The van der Waals surface area contributed by atoms with E-state index in [4.69, 9.17) is 9.57 Å². The summed E-state index contributed by atoms with van der Waals surface area (Å²) in [7, 11) is 1.37. The maximum Gasteiger partial charge on any atom is 0.311 e. The average Bonchev–Trinajstić information content (AvgIpc) is 2.94. The van der Waals surface area contributed by atoms with Gasteiger partial charge in [-0.15, -0.1) is 6.58 Å². The molecule has 0 saturated carbocycles. The summed E-state index contributed by atoms with van der Waals surface area (Å²) in [4.78, 5) is 36.9. The number of ether oxygens (including phenoxy) is 1. The number of pyridine rings is 1. The van der Waals surface area contributed by atoms with Crippen LogP contribution >= 0.6 is 0 Å². The molecule has 1 aromatic heterocycles. The fourth-order valence-electron chi connectivity index (χ4n) is 4.01. The number of carbonyl (C=O) groups excluding carboxylic acids is 2. The molecule has 2 aliphatic rings. The second-order valence-electron chi connectivity index (χ2n) is 6.79. The molecule has 1 atom stereocenters. The molecule has 0 aromatic carbocycles. The number of rotatable bonds is 6. The number of esters is 1. The highest BCUT2D eigenvalue weighted by Crippen LogP contribution is 2.44. The summed E-state index contributed by atoms with van der Waals surface area (Å²) >= 11 is 0. The highest BCUT2D eigenvalue weighted by atomic mass is 16.7. The number of carbonyl (C=O) groups is 2. The first-order valence-electron chi connectivity index (χ1n) is 8.86. The highest BCUT2D eigenvalue weighted by Gasteiger charge is 2.58. The number of amides is 1. The monoisotopic (exact) mass is 359 g/mol. The number of nitrogens with zero attached hydrogens (tertiary/aromatic N) is 3. The number of likely N-dealkylation sites (tertiary alicyclic amines) is 1. The van der Waals surface area contributed by atoms with Gasteiger partial charge in [0.1, 0.15) is 0 Å². The second kappa shape index (κ2) is 7.97. The van der Waals surface area contributed by atoms with Crippen molar-refractivity contribution >= 4 is 11.9 Å². The largest absolute Gasteiger partial charge is 0.469 e. The predicted molar refractivity (Wildman–Crippen MR) is 94.6 cm³/mol. The number of methoxy groups -OCH3 is 1. The van der Waals surface area contributed by atoms with E-state index < -0.39 is 11.5 Å². The summed E-state index contributed by atoms with van der Waals surface area (Å²) in [5, 5.41) is 1.43. The van der Waals surface area contributed by atoms with Crippen molar-refractivity contribution in [1.29, 1.82) is 0 Å². The minimum atomic E-state index is -0.637. The summed E-state index contributed by atoms with van der Waals surface area (Å²) in [6, 6.07) is 4.00. The zero-order chi connectivity index (χ0) is 18.6. The molecule has 140 valence electrons. The van der Waals surface area contributed by atoms with Crippen molar-refractivity contribution in [3.8, 4) is 0 Å². The topological polar surface area (TPSA) is 72.0 Å². The molecule has 2 saturated heterocycles. The average molecular weight is 359 g/mol. The van der Waals surface area contributed by atoms with Crippen molar-refractivity contribution in [2.24, 2.45) is 5.92 Å². The molecule has 2 aliphatic heterocycles. The highest BCUT2D eigenvalue weighted by molar-refractivity contribution is 5.88. The van der Waals surface area contributed by atoms with Gasteiger partial charge < -0.3 is 4.74 Å². The van der Waals surface area contributed by atoms with Crippen molar-refractivity contribution in [1.82, 2.24) is 14.9 Å². The maximum atomic E-state index is 12.5. The van der Waals surface area contributed by atoms with Gasteiger partial charge in [0.2, 0.25) is 5.91 Å². The Labute approximate surface area is 153 Å². The van der Waals surface area contributed by atoms with Crippen LogP contribution in [0.5, 0.6) is 0 Å². The molecule has 1 amide bonds. The van der Waals surface area contributed by atoms with E-state index in [2.05, 4.69) is 16.5 Å². The lowest BCUT2D eigenvalue weighted by Gasteiger charge is -2.45. The summed E-state index contributed by atoms with van der Waals surface area (Å²) < 4.78 is 4.97. The molecular weight excluding hydrogens is 334 g/mol. The molecule has 7 nitrogen and oxygen atoms in total. The van der Waals surface area contributed by atoms with E-state index in [1.54, 1.807) is 18.5 Å². The first-order valence-corrected chi connectivity index (χ1v) is 8.86. The van der Waals surface area contributed by atoms with Gasteiger partial charge in [-0.3, -0.25) is 24.3 Å².